The molecule has 0 spiro atoms. The van der Waals surface area contributed by atoms with Crippen LogP contribution >= 0.6 is 11.3 Å². The van der Waals surface area contributed by atoms with Crippen LogP contribution in [0.25, 0.3) is 0 Å². The minimum absolute atomic E-state index is 0.0492. The number of aryl methyl sites for hydroxylation is 1. The lowest BCUT2D eigenvalue weighted by atomic mass is 10.2. The Kier molecular flexibility index (Phi) is 4.29. The van der Waals surface area contributed by atoms with Crippen molar-refractivity contribution in [3.8, 4) is 5.75 Å². The topological polar surface area (TPSA) is 45.7 Å². The average molecular weight is 317 g/mol. The number of ether oxygens (including phenoxy) is 1. The van der Waals surface area contributed by atoms with Gasteiger partial charge in [-0.3, -0.25) is 4.79 Å². The molecule has 116 valence electrons. The Morgan fingerprint density at radius 3 is 2.41 bits per heavy atom. The van der Waals surface area contributed by atoms with E-state index in [9.17, 15) is 4.79 Å². The van der Waals surface area contributed by atoms with Gasteiger partial charge in [-0.05, 0) is 31.2 Å². The van der Waals surface area contributed by atoms with Crippen molar-refractivity contribution in [3.05, 3.63) is 40.3 Å². The lowest BCUT2D eigenvalue weighted by Crippen LogP contribution is -2.49. The largest absolute Gasteiger partial charge is 0.497 e. The van der Waals surface area contributed by atoms with Crippen molar-refractivity contribution in [2.24, 2.45) is 0 Å². The molecule has 1 aromatic heterocycles. The van der Waals surface area contributed by atoms with Crippen LogP contribution in [-0.2, 0) is 0 Å². The maximum atomic E-state index is 12.4. The van der Waals surface area contributed by atoms with Crippen molar-refractivity contribution in [1.82, 2.24) is 9.88 Å². The molecule has 1 aromatic carbocycles. The summed E-state index contributed by atoms with van der Waals surface area (Å²) in [6.45, 7) is 5.06. The molecule has 1 aliphatic heterocycles. The molecule has 22 heavy (non-hydrogen) atoms. The van der Waals surface area contributed by atoms with Crippen molar-refractivity contribution in [3.63, 3.8) is 0 Å². The predicted molar refractivity (Wildman–Crippen MR) is 88.0 cm³/mol. The number of benzene rings is 1. The molecule has 0 radical (unpaired) electrons. The zero-order valence-corrected chi connectivity index (χ0v) is 13.6. The molecule has 3 rings (SSSR count). The van der Waals surface area contributed by atoms with E-state index in [1.54, 1.807) is 12.6 Å². The Balaban J connectivity index is 1.62. The number of thiazole rings is 1. The lowest BCUT2D eigenvalue weighted by Gasteiger charge is -2.36. The van der Waals surface area contributed by atoms with E-state index in [-0.39, 0.29) is 5.91 Å². The molecule has 2 heterocycles. The van der Waals surface area contributed by atoms with E-state index in [4.69, 9.17) is 4.74 Å². The summed E-state index contributed by atoms with van der Waals surface area (Å²) >= 11 is 1.52. The normalized spacial score (nSPS) is 15.0. The highest BCUT2D eigenvalue weighted by Gasteiger charge is 2.24. The monoisotopic (exact) mass is 317 g/mol. The maximum absolute atomic E-state index is 12.4. The number of hydrogen-bond donors (Lipinski definition) is 0. The molecule has 6 heteroatoms. The zero-order chi connectivity index (χ0) is 15.5. The molecule has 1 fully saturated rings. The molecular weight excluding hydrogens is 298 g/mol. The second-order valence-corrected chi connectivity index (χ2v) is 6.29. The summed E-state index contributed by atoms with van der Waals surface area (Å²) in [7, 11) is 1.67. The molecule has 0 saturated carbocycles. The SMILES string of the molecule is COc1ccc(N2CCN(C(=O)c3ncsc3C)CC2)cc1. The van der Waals surface area contributed by atoms with Crippen LogP contribution in [0.3, 0.4) is 0 Å². The van der Waals surface area contributed by atoms with Crippen LogP contribution in [0.1, 0.15) is 15.4 Å². The van der Waals surface area contributed by atoms with Gasteiger partial charge < -0.3 is 14.5 Å². The molecule has 5 nitrogen and oxygen atoms in total. The van der Waals surface area contributed by atoms with Gasteiger partial charge in [0, 0.05) is 36.7 Å². The van der Waals surface area contributed by atoms with Gasteiger partial charge in [0.25, 0.3) is 5.91 Å². The highest BCUT2D eigenvalue weighted by atomic mass is 32.1. The molecule has 0 atom stereocenters. The highest BCUT2D eigenvalue weighted by Crippen LogP contribution is 2.21. The Bertz CT molecular complexity index is 646. The van der Waals surface area contributed by atoms with Crippen molar-refractivity contribution in [1.29, 1.82) is 0 Å². The van der Waals surface area contributed by atoms with Crippen molar-refractivity contribution < 1.29 is 9.53 Å². The van der Waals surface area contributed by atoms with Gasteiger partial charge in [-0.25, -0.2) is 4.98 Å². The maximum Gasteiger partial charge on any atom is 0.273 e. The smallest absolute Gasteiger partial charge is 0.273 e. The van der Waals surface area contributed by atoms with E-state index in [0.717, 1.165) is 42.5 Å². The van der Waals surface area contributed by atoms with Gasteiger partial charge in [0.2, 0.25) is 0 Å². The van der Waals surface area contributed by atoms with Crippen molar-refractivity contribution >= 4 is 22.9 Å². The van der Waals surface area contributed by atoms with Crippen LogP contribution in [0.2, 0.25) is 0 Å². The number of rotatable bonds is 3. The fourth-order valence-electron chi connectivity index (χ4n) is 2.62. The summed E-state index contributed by atoms with van der Waals surface area (Å²) in [5.41, 5.74) is 3.50. The first-order valence-electron chi connectivity index (χ1n) is 7.27. The molecule has 1 saturated heterocycles. The number of carbonyl (C=O) groups is 1. The van der Waals surface area contributed by atoms with E-state index in [1.165, 1.54) is 11.3 Å². The molecule has 0 unspecified atom stereocenters. The van der Waals surface area contributed by atoms with Gasteiger partial charge in [0.05, 0.1) is 12.6 Å². The third kappa shape index (κ3) is 2.92. The Labute approximate surface area is 134 Å². The molecule has 1 aliphatic rings. The molecule has 0 N–H and O–H groups in total. The van der Waals surface area contributed by atoms with Gasteiger partial charge in [-0.15, -0.1) is 11.3 Å². The van der Waals surface area contributed by atoms with Gasteiger partial charge in [-0.1, -0.05) is 0 Å². The van der Waals surface area contributed by atoms with Crippen LogP contribution < -0.4 is 9.64 Å². The molecular formula is C16H19N3O2S. The van der Waals surface area contributed by atoms with E-state index >= 15 is 0 Å². The van der Waals surface area contributed by atoms with E-state index in [1.807, 2.05) is 24.0 Å². The lowest BCUT2D eigenvalue weighted by molar-refractivity contribution is 0.0741. The molecule has 0 aliphatic carbocycles. The van der Waals surface area contributed by atoms with Crippen LogP contribution in [0.15, 0.2) is 29.8 Å². The number of nitrogens with zero attached hydrogens (tertiary/aromatic N) is 3. The van der Waals surface area contributed by atoms with E-state index in [0.29, 0.717) is 5.69 Å². The minimum atomic E-state index is 0.0492. The number of piperazine rings is 1. The van der Waals surface area contributed by atoms with E-state index < -0.39 is 0 Å². The number of aromatic nitrogens is 1. The summed E-state index contributed by atoms with van der Waals surface area (Å²) < 4.78 is 5.18. The molecule has 2 aromatic rings. The van der Waals surface area contributed by atoms with Gasteiger partial charge in [0.15, 0.2) is 0 Å². The first-order valence-corrected chi connectivity index (χ1v) is 8.15. The quantitative estimate of drug-likeness (QED) is 0.872. The summed E-state index contributed by atoms with van der Waals surface area (Å²) in [5.74, 6) is 0.907. The molecule has 0 bridgehead atoms. The van der Waals surface area contributed by atoms with Crippen LogP contribution in [0.4, 0.5) is 5.69 Å². The Hall–Kier alpha value is -2.08. The second kappa shape index (κ2) is 6.36. The summed E-state index contributed by atoms with van der Waals surface area (Å²) in [6, 6.07) is 8.04. The molecule has 1 amide bonds. The van der Waals surface area contributed by atoms with Crippen LogP contribution in [0.5, 0.6) is 5.75 Å². The predicted octanol–water partition coefficient (Wildman–Crippen LogP) is 2.42. The minimum Gasteiger partial charge on any atom is -0.497 e. The third-order valence-corrected chi connectivity index (χ3v) is 4.71. The third-order valence-electron chi connectivity index (χ3n) is 3.95. The van der Waals surface area contributed by atoms with Gasteiger partial charge in [-0.2, -0.15) is 0 Å². The zero-order valence-electron chi connectivity index (χ0n) is 12.8. The number of methoxy groups -OCH3 is 1. The standard InChI is InChI=1S/C16H19N3O2S/c1-12-15(17-11-22-12)16(20)19-9-7-18(8-10-19)13-3-5-14(21-2)6-4-13/h3-6,11H,7-10H2,1-2H3. The fraction of sp³-hybridized carbons (Fsp3) is 0.375. The number of carbonyl (C=O) groups excluding carboxylic acids is 1. The van der Waals surface area contributed by atoms with Crippen molar-refractivity contribution in [2.45, 2.75) is 6.92 Å². The Morgan fingerprint density at radius 2 is 1.86 bits per heavy atom. The second-order valence-electron chi connectivity index (χ2n) is 5.23. The summed E-state index contributed by atoms with van der Waals surface area (Å²) in [4.78, 5) is 21.8. The Morgan fingerprint density at radius 1 is 1.18 bits per heavy atom. The first kappa shape index (κ1) is 14.8. The highest BCUT2D eigenvalue weighted by molar-refractivity contribution is 7.09. The number of hydrogen-bond acceptors (Lipinski definition) is 5. The fourth-order valence-corrected chi connectivity index (χ4v) is 3.19. The first-order chi connectivity index (χ1) is 10.7. The van der Waals surface area contributed by atoms with Crippen LogP contribution in [0, 0.1) is 6.92 Å². The number of amides is 1. The number of anilines is 1. The average Bonchev–Trinajstić information content (AvgIpc) is 3.00. The summed E-state index contributed by atoms with van der Waals surface area (Å²) in [5, 5.41) is 0. The van der Waals surface area contributed by atoms with E-state index in [2.05, 4.69) is 22.0 Å². The van der Waals surface area contributed by atoms with Crippen LogP contribution in [-0.4, -0.2) is 49.1 Å². The van der Waals surface area contributed by atoms with Crippen molar-refractivity contribution in [2.75, 3.05) is 38.2 Å². The summed E-state index contributed by atoms with van der Waals surface area (Å²) in [6.07, 6.45) is 0. The van der Waals surface area contributed by atoms with Gasteiger partial charge in [0.1, 0.15) is 11.4 Å². The van der Waals surface area contributed by atoms with Gasteiger partial charge >= 0.3 is 0 Å².